The van der Waals surface area contributed by atoms with Crippen LogP contribution in [0.4, 0.5) is 0 Å². The summed E-state index contributed by atoms with van der Waals surface area (Å²) < 4.78 is 27.9. The molecule has 0 spiro atoms. The molecule has 0 saturated heterocycles. The number of hydrogen-bond donors (Lipinski definition) is 2. The Morgan fingerprint density at radius 1 is 1.19 bits per heavy atom. The van der Waals surface area contributed by atoms with Crippen molar-refractivity contribution in [2.24, 2.45) is 11.1 Å². The summed E-state index contributed by atoms with van der Waals surface area (Å²) in [6.07, 6.45) is 0.742. The summed E-state index contributed by atoms with van der Waals surface area (Å²) in [5, 5.41) is 0. The van der Waals surface area contributed by atoms with E-state index in [0.29, 0.717) is 0 Å². The number of sulfonamides is 1. The van der Waals surface area contributed by atoms with E-state index >= 15 is 0 Å². The summed E-state index contributed by atoms with van der Waals surface area (Å²) in [5.74, 6) is 0. The van der Waals surface area contributed by atoms with Crippen molar-refractivity contribution in [3.8, 4) is 0 Å². The molecule has 0 aromatic heterocycles. The molecule has 0 aliphatic heterocycles. The molecule has 0 heterocycles. The van der Waals surface area contributed by atoms with Gasteiger partial charge in [-0.15, -0.1) is 0 Å². The third-order valence-electron chi connectivity index (χ3n) is 3.08. The van der Waals surface area contributed by atoms with Gasteiger partial charge in [-0.25, -0.2) is 13.1 Å². The van der Waals surface area contributed by atoms with Gasteiger partial charge in [0.1, 0.15) is 0 Å². The number of nitrogens with two attached hydrogens (primary N) is 1. The van der Waals surface area contributed by atoms with Crippen molar-refractivity contribution in [1.29, 1.82) is 0 Å². The normalized spacial score (nSPS) is 15.0. The zero-order valence-corrected chi connectivity index (χ0v) is 14.7. The Kier molecular flexibility index (Phi) is 5.24. The molecule has 3 N–H and O–H groups in total. The van der Waals surface area contributed by atoms with E-state index in [2.05, 4.69) is 25.5 Å². The van der Waals surface area contributed by atoms with Gasteiger partial charge in [-0.2, -0.15) is 0 Å². The second-order valence-corrected chi connectivity index (χ2v) is 9.27. The minimum Gasteiger partial charge on any atom is -0.324 e. The molecule has 21 heavy (non-hydrogen) atoms. The van der Waals surface area contributed by atoms with Crippen LogP contribution in [0.2, 0.25) is 0 Å². The molecular formula is C16H28N2O2S. The molecule has 0 amide bonds. The van der Waals surface area contributed by atoms with Crippen molar-refractivity contribution in [2.75, 3.05) is 0 Å². The monoisotopic (exact) mass is 312 g/mol. The fraction of sp³-hybridized carbons (Fsp3) is 0.625. The van der Waals surface area contributed by atoms with E-state index in [1.165, 1.54) is 0 Å². The van der Waals surface area contributed by atoms with Gasteiger partial charge < -0.3 is 5.73 Å². The molecule has 1 rings (SSSR count). The lowest BCUT2D eigenvalue weighted by Crippen LogP contribution is -2.45. The van der Waals surface area contributed by atoms with Gasteiger partial charge in [-0.05, 0) is 50.3 Å². The van der Waals surface area contributed by atoms with Crippen LogP contribution in [0.3, 0.4) is 0 Å². The highest BCUT2D eigenvalue weighted by Gasteiger charge is 2.30. The van der Waals surface area contributed by atoms with Crippen molar-refractivity contribution < 1.29 is 8.42 Å². The predicted octanol–water partition coefficient (Wildman–Crippen LogP) is 3.20. The quantitative estimate of drug-likeness (QED) is 0.877. The van der Waals surface area contributed by atoms with E-state index in [-0.39, 0.29) is 16.4 Å². The first kappa shape index (κ1) is 18.1. The maximum Gasteiger partial charge on any atom is 0.241 e. The first-order chi connectivity index (χ1) is 9.32. The molecule has 120 valence electrons. The van der Waals surface area contributed by atoms with Gasteiger partial charge in [-0.3, -0.25) is 0 Å². The third kappa shape index (κ3) is 5.77. The van der Waals surface area contributed by atoms with Gasteiger partial charge >= 0.3 is 0 Å². The van der Waals surface area contributed by atoms with Gasteiger partial charge in [-0.1, -0.05) is 32.9 Å². The summed E-state index contributed by atoms with van der Waals surface area (Å²) in [6, 6.07) is 6.61. The lowest BCUT2D eigenvalue weighted by atomic mass is 9.82. The van der Waals surface area contributed by atoms with Crippen molar-refractivity contribution in [3.63, 3.8) is 0 Å². The largest absolute Gasteiger partial charge is 0.324 e. The van der Waals surface area contributed by atoms with Crippen LogP contribution in [0.5, 0.6) is 0 Å². The number of hydrogen-bond acceptors (Lipinski definition) is 3. The fourth-order valence-electron chi connectivity index (χ4n) is 2.75. The van der Waals surface area contributed by atoms with Gasteiger partial charge in [0.25, 0.3) is 0 Å². The SMILES string of the molecule is CC(N)c1cccc(S(=O)(=O)NC(C)(C)CC(C)(C)C)c1. The van der Waals surface area contributed by atoms with Crippen molar-refractivity contribution in [1.82, 2.24) is 4.72 Å². The summed E-state index contributed by atoms with van der Waals surface area (Å²) >= 11 is 0. The molecule has 0 saturated carbocycles. The zero-order chi connectivity index (χ0) is 16.5. The first-order valence-corrected chi connectivity index (χ1v) is 8.70. The van der Waals surface area contributed by atoms with Crippen LogP contribution in [0.1, 0.15) is 59.6 Å². The van der Waals surface area contributed by atoms with Crippen LogP contribution in [0.15, 0.2) is 29.2 Å². The standard InChI is InChI=1S/C16H28N2O2S/c1-12(17)13-8-7-9-14(10-13)21(19,20)18-16(5,6)11-15(2,3)4/h7-10,12,18H,11,17H2,1-6H3. The second-order valence-electron chi connectivity index (χ2n) is 7.59. The average Bonchev–Trinajstić information content (AvgIpc) is 2.24. The number of benzene rings is 1. The van der Waals surface area contributed by atoms with E-state index < -0.39 is 15.6 Å². The Morgan fingerprint density at radius 3 is 2.24 bits per heavy atom. The van der Waals surface area contributed by atoms with E-state index in [1.54, 1.807) is 18.2 Å². The molecule has 1 aromatic rings. The van der Waals surface area contributed by atoms with Gasteiger partial charge in [0, 0.05) is 11.6 Å². The average molecular weight is 312 g/mol. The zero-order valence-electron chi connectivity index (χ0n) is 13.9. The van der Waals surface area contributed by atoms with Crippen LogP contribution < -0.4 is 10.5 Å². The highest BCUT2D eigenvalue weighted by atomic mass is 32.2. The van der Waals surface area contributed by atoms with E-state index in [9.17, 15) is 8.42 Å². The molecule has 1 unspecified atom stereocenters. The molecule has 1 atom stereocenters. The van der Waals surface area contributed by atoms with Crippen LogP contribution in [-0.2, 0) is 10.0 Å². The first-order valence-electron chi connectivity index (χ1n) is 7.22. The summed E-state index contributed by atoms with van der Waals surface area (Å²) in [6.45, 7) is 11.9. The van der Waals surface area contributed by atoms with E-state index in [4.69, 9.17) is 5.73 Å². The number of nitrogens with one attached hydrogen (secondary N) is 1. The molecule has 4 nitrogen and oxygen atoms in total. The molecule has 0 fully saturated rings. The fourth-order valence-corrected chi connectivity index (χ4v) is 4.22. The molecular weight excluding hydrogens is 284 g/mol. The Hall–Kier alpha value is -0.910. The minimum absolute atomic E-state index is 0.0413. The Balaban J connectivity index is 3.04. The molecule has 0 aliphatic rings. The van der Waals surface area contributed by atoms with E-state index in [0.717, 1.165) is 12.0 Å². The highest BCUT2D eigenvalue weighted by Crippen LogP contribution is 2.28. The minimum atomic E-state index is -3.55. The second kappa shape index (κ2) is 6.07. The lowest BCUT2D eigenvalue weighted by molar-refractivity contribution is 0.269. The molecule has 0 aliphatic carbocycles. The molecule has 0 bridgehead atoms. The van der Waals surface area contributed by atoms with E-state index in [1.807, 2.05) is 26.8 Å². The highest BCUT2D eigenvalue weighted by molar-refractivity contribution is 7.89. The van der Waals surface area contributed by atoms with Crippen molar-refractivity contribution >= 4 is 10.0 Å². The van der Waals surface area contributed by atoms with Crippen LogP contribution in [-0.4, -0.2) is 14.0 Å². The van der Waals surface area contributed by atoms with Crippen LogP contribution in [0.25, 0.3) is 0 Å². The predicted molar refractivity (Wildman–Crippen MR) is 87.5 cm³/mol. The maximum absolute atomic E-state index is 12.6. The van der Waals surface area contributed by atoms with Gasteiger partial charge in [0.15, 0.2) is 0 Å². The molecule has 1 aromatic carbocycles. The maximum atomic E-state index is 12.6. The van der Waals surface area contributed by atoms with Gasteiger partial charge in [0.05, 0.1) is 4.90 Å². The Labute approximate surface area is 129 Å². The smallest absolute Gasteiger partial charge is 0.241 e. The van der Waals surface area contributed by atoms with Crippen molar-refractivity contribution in [3.05, 3.63) is 29.8 Å². The summed E-state index contributed by atoms with van der Waals surface area (Å²) in [7, 11) is -3.55. The Bertz CT molecular complexity index is 585. The van der Waals surface area contributed by atoms with Crippen LogP contribution >= 0.6 is 0 Å². The topological polar surface area (TPSA) is 72.2 Å². The third-order valence-corrected chi connectivity index (χ3v) is 4.77. The summed E-state index contributed by atoms with van der Waals surface area (Å²) in [4.78, 5) is 0.263. The lowest BCUT2D eigenvalue weighted by Gasteiger charge is -2.33. The van der Waals surface area contributed by atoms with Crippen molar-refractivity contribution in [2.45, 2.75) is 64.4 Å². The summed E-state index contributed by atoms with van der Waals surface area (Å²) in [5.41, 5.74) is 6.16. The van der Waals surface area contributed by atoms with Crippen LogP contribution in [0, 0.1) is 5.41 Å². The number of rotatable bonds is 5. The molecule has 5 heteroatoms. The Morgan fingerprint density at radius 2 is 1.76 bits per heavy atom. The van der Waals surface area contributed by atoms with Gasteiger partial charge in [0.2, 0.25) is 10.0 Å². The molecule has 0 radical (unpaired) electrons.